The minimum absolute atomic E-state index is 0.0307. The summed E-state index contributed by atoms with van der Waals surface area (Å²) >= 11 is 0. The van der Waals surface area contributed by atoms with E-state index in [0.29, 0.717) is 0 Å². The van der Waals surface area contributed by atoms with Crippen LogP contribution in [0.1, 0.15) is 58.2 Å². The number of hydrogen-bond acceptors (Lipinski definition) is 9. The fourth-order valence-corrected chi connectivity index (χ4v) is 6.74. The molecule has 1 saturated heterocycles. The molecule has 4 rings (SSSR count). The average molecular weight is 784 g/mol. The van der Waals surface area contributed by atoms with Gasteiger partial charge in [-0.25, -0.2) is 14.4 Å². The van der Waals surface area contributed by atoms with Gasteiger partial charge in [0.1, 0.15) is 18.1 Å². The zero-order valence-electron chi connectivity index (χ0n) is 34.5. The predicted molar refractivity (Wildman–Crippen MR) is 214 cm³/mol. The third-order valence-electron chi connectivity index (χ3n) is 10.4. The second kappa shape index (κ2) is 20.1. The van der Waals surface area contributed by atoms with Gasteiger partial charge in [0.05, 0.1) is 0 Å². The van der Waals surface area contributed by atoms with Gasteiger partial charge in [0.15, 0.2) is 18.3 Å². The molecule has 12 heteroatoms. The molecule has 12 nitrogen and oxygen atoms in total. The van der Waals surface area contributed by atoms with E-state index in [0.717, 1.165) is 16.7 Å². The summed E-state index contributed by atoms with van der Waals surface area (Å²) in [7, 11) is 4.31. The molecule has 1 aliphatic heterocycles. The summed E-state index contributed by atoms with van der Waals surface area (Å²) in [6.45, 7) is 10.3. The monoisotopic (exact) mass is 783 g/mol. The second-order valence-corrected chi connectivity index (χ2v) is 15.8. The van der Waals surface area contributed by atoms with Gasteiger partial charge in [0.25, 0.3) is 17.7 Å². The van der Waals surface area contributed by atoms with Crippen LogP contribution >= 0.6 is 0 Å². The molecule has 1 unspecified atom stereocenters. The number of ether oxygens (including phenoxy) is 3. The van der Waals surface area contributed by atoms with Gasteiger partial charge >= 0.3 is 17.9 Å². The predicted octanol–water partition coefficient (Wildman–Crippen LogP) is 4.91. The lowest BCUT2D eigenvalue weighted by Gasteiger charge is -2.37. The summed E-state index contributed by atoms with van der Waals surface area (Å²) in [5, 5.41) is 0. The Bertz CT molecular complexity index is 1620. The number of esters is 3. The largest absolute Gasteiger partial charge is 0.450 e. The molecule has 6 atom stereocenters. The summed E-state index contributed by atoms with van der Waals surface area (Å²) in [5.74, 6) is -6.18. The third-order valence-corrected chi connectivity index (χ3v) is 10.4. The van der Waals surface area contributed by atoms with E-state index in [2.05, 4.69) is 0 Å². The first-order chi connectivity index (χ1) is 27.0. The van der Waals surface area contributed by atoms with Crippen molar-refractivity contribution in [2.75, 3.05) is 21.1 Å². The van der Waals surface area contributed by atoms with Crippen LogP contribution in [0.4, 0.5) is 0 Å². The standard InChI is InChI=1S/C45H57N3O9/c1-28(2)37-40(49)46(7)35(26-32-21-15-11-16-22-32)44(53)56-39(30(5)6)42(51)48(9)36(27-33-23-17-12-18-24-33)45(54)57-38(29(3)4)41(50)47(8)34(43(52)55-37)25-31-19-13-10-14-20-31/h10-24,28-30,34-39H,25-27H2,1-9H3/t34-,35-,36?,37+,38+,39+/m1/s1. The van der Waals surface area contributed by atoms with Gasteiger partial charge in [-0.1, -0.05) is 133 Å². The number of likely N-dealkylation sites (N-methyl/N-ethyl adjacent to an activating group) is 3. The van der Waals surface area contributed by atoms with E-state index in [4.69, 9.17) is 14.2 Å². The van der Waals surface area contributed by atoms with Crippen molar-refractivity contribution >= 4 is 35.6 Å². The van der Waals surface area contributed by atoms with E-state index in [1.165, 1.54) is 35.8 Å². The maximum Gasteiger partial charge on any atom is 0.329 e. The molecule has 1 fully saturated rings. The Balaban J connectivity index is 1.88. The number of cyclic esters (lactones) is 3. The Kier molecular flexibility index (Phi) is 15.6. The molecule has 3 amide bonds. The second-order valence-electron chi connectivity index (χ2n) is 15.8. The third kappa shape index (κ3) is 11.3. The van der Waals surface area contributed by atoms with Gasteiger partial charge in [-0.05, 0) is 34.4 Å². The zero-order chi connectivity index (χ0) is 42.0. The maximum absolute atomic E-state index is 14.4. The highest BCUT2D eigenvalue weighted by Gasteiger charge is 2.44. The quantitative estimate of drug-likeness (QED) is 0.219. The van der Waals surface area contributed by atoms with E-state index < -0.39 is 89.8 Å². The number of carbonyl (C=O) groups is 6. The fourth-order valence-electron chi connectivity index (χ4n) is 6.74. The van der Waals surface area contributed by atoms with Gasteiger partial charge in [0.2, 0.25) is 0 Å². The van der Waals surface area contributed by atoms with Crippen molar-refractivity contribution in [1.29, 1.82) is 0 Å². The minimum Gasteiger partial charge on any atom is -0.450 e. The van der Waals surface area contributed by atoms with Gasteiger partial charge in [-0.15, -0.1) is 0 Å². The summed E-state index contributed by atoms with van der Waals surface area (Å²) in [5.41, 5.74) is 2.16. The van der Waals surface area contributed by atoms with E-state index in [9.17, 15) is 28.8 Å². The van der Waals surface area contributed by atoms with Gasteiger partial charge in [-0.2, -0.15) is 0 Å². The van der Waals surface area contributed by atoms with Crippen molar-refractivity contribution in [3.05, 3.63) is 108 Å². The number of hydrogen-bond donors (Lipinski definition) is 0. The number of benzene rings is 3. The Morgan fingerprint density at radius 3 is 0.807 bits per heavy atom. The zero-order valence-corrected chi connectivity index (χ0v) is 34.5. The smallest absolute Gasteiger partial charge is 0.329 e. The Morgan fingerprint density at radius 1 is 0.404 bits per heavy atom. The molecule has 57 heavy (non-hydrogen) atoms. The maximum atomic E-state index is 14.4. The van der Waals surface area contributed by atoms with Crippen LogP contribution in [0.25, 0.3) is 0 Å². The molecular formula is C45H57N3O9. The highest BCUT2D eigenvalue weighted by Crippen LogP contribution is 2.24. The molecule has 1 heterocycles. The number of rotatable bonds is 9. The molecule has 0 bridgehead atoms. The van der Waals surface area contributed by atoms with Crippen LogP contribution in [-0.2, 0) is 62.2 Å². The Morgan fingerprint density at radius 2 is 0.614 bits per heavy atom. The Hall–Kier alpha value is -5.52. The molecular weight excluding hydrogens is 727 g/mol. The van der Waals surface area contributed by atoms with E-state index in [1.807, 2.05) is 18.2 Å². The molecule has 3 aromatic carbocycles. The van der Waals surface area contributed by atoms with Gasteiger partial charge in [0, 0.05) is 40.4 Å². The van der Waals surface area contributed by atoms with Gasteiger partial charge < -0.3 is 28.9 Å². The van der Waals surface area contributed by atoms with Crippen molar-refractivity contribution in [3.63, 3.8) is 0 Å². The van der Waals surface area contributed by atoms with Crippen LogP contribution in [0.15, 0.2) is 91.0 Å². The molecule has 0 aromatic heterocycles. The van der Waals surface area contributed by atoms with Crippen LogP contribution in [0.5, 0.6) is 0 Å². The van der Waals surface area contributed by atoms with Crippen LogP contribution in [0, 0.1) is 17.8 Å². The van der Waals surface area contributed by atoms with Crippen LogP contribution < -0.4 is 0 Å². The summed E-state index contributed by atoms with van der Waals surface area (Å²) in [6.07, 6.45) is -3.99. The average Bonchev–Trinajstić information content (AvgIpc) is 3.19. The highest BCUT2D eigenvalue weighted by atomic mass is 16.6. The molecule has 0 radical (unpaired) electrons. The van der Waals surface area contributed by atoms with E-state index in [1.54, 1.807) is 114 Å². The molecule has 0 spiro atoms. The molecule has 0 saturated carbocycles. The lowest BCUT2D eigenvalue weighted by molar-refractivity contribution is -0.179. The lowest BCUT2D eigenvalue weighted by atomic mass is 9.99. The SMILES string of the molecule is CC(C)[C@@H]1OC(=O)[C@@H](Cc2ccccc2)N(C)C(=O)[C@H](C(C)C)OC(=O)[C@@H](Cc2ccccc2)N(C)C(=O)[C@H](C(C)C)OC(=O)C(Cc2ccccc2)N(C)C1=O. The minimum atomic E-state index is -1.36. The fraction of sp³-hybridized carbons (Fsp3) is 0.467. The van der Waals surface area contributed by atoms with Crippen molar-refractivity contribution in [1.82, 2.24) is 14.7 Å². The van der Waals surface area contributed by atoms with Crippen LogP contribution in [0.3, 0.4) is 0 Å². The molecule has 3 aromatic rings. The highest BCUT2D eigenvalue weighted by molar-refractivity contribution is 5.94. The molecule has 306 valence electrons. The molecule has 0 aliphatic carbocycles. The first kappa shape index (κ1) is 44.2. The summed E-state index contributed by atoms with van der Waals surface area (Å²) < 4.78 is 18.1. The first-order valence-corrected chi connectivity index (χ1v) is 19.5. The number of amides is 3. The number of nitrogens with zero attached hydrogens (tertiary/aromatic N) is 3. The van der Waals surface area contributed by atoms with Crippen molar-refractivity contribution < 1.29 is 43.0 Å². The molecule has 0 N–H and O–H groups in total. The lowest BCUT2D eigenvalue weighted by Crippen LogP contribution is -2.56. The van der Waals surface area contributed by atoms with Crippen molar-refractivity contribution in [3.8, 4) is 0 Å². The van der Waals surface area contributed by atoms with E-state index >= 15 is 0 Å². The van der Waals surface area contributed by atoms with Crippen LogP contribution in [-0.4, -0.2) is 108 Å². The topological polar surface area (TPSA) is 140 Å². The molecule has 1 aliphatic rings. The Labute approximate surface area is 336 Å². The van der Waals surface area contributed by atoms with Crippen molar-refractivity contribution in [2.45, 2.75) is 97.2 Å². The van der Waals surface area contributed by atoms with Gasteiger partial charge in [-0.3, -0.25) is 14.4 Å². The summed E-state index contributed by atoms with van der Waals surface area (Å²) in [4.78, 5) is 89.9. The summed E-state index contributed by atoms with van der Waals surface area (Å²) in [6, 6.07) is 23.4. The van der Waals surface area contributed by atoms with Crippen LogP contribution in [0.2, 0.25) is 0 Å². The van der Waals surface area contributed by atoms with E-state index in [-0.39, 0.29) is 19.3 Å². The number of carbonyl (C=O) groups excluding carboxylic acids is 6. The normalized spacial score (nSPS) is 23.7. The first-order valence-electron chi connectivity index (χ1n) is 19.5. The van der Waals surface area contributed by atoms with Crippen molar-refractivity contribution in [2.24, 2.45) is 17.8 Å².